The van der Waals surface area contributed by atoms with Gasteiger partial charge in [0.2, 0.25) is 0 Å². The molecule has 1 aliphatic heterocycles. The Kier molecular flexibility index (Phi) is 5.88. The molecule has 0 spiro atoms. The van der Waals surface area contributed by atoms with Crippen molar-refractivity contribution in [2.45, 2.75) is 25.6 Å². The highest BCUT2D eigenvalue weighted by Crippen LogP contribution is 2.31. The number of halogens is 3. The van der Waals surface area contributed by atoms with Crippen LogP contribution in [0.2, 0.25) is 0 Å². The summed E-state index contributed by atoms with van der Waals surface area (Å²) in [6, 6.07) is 13.6. The number of hydrogen-bond donors (Lipinski definition) is 0. The van der Waals surface area contributed by atoms with Gasteiger partial charge in [-0.05, 0) is 37.1 Å². The summed E-state index contributed by atoms with van der Waals surface area (Å²) in [5.41, 5.74) is 1.66. The Labute approximate surface area is 199 Å². The third-order valence-electron chi connectivity index (χ3n) is 6.28. The maximum absolute atomic E-state index is 13.8. The van der Waals surface area contributed by atoms with Crippen molar-refractivity contribution in [2.24, 2.45) is 0 Å². The molecule has 1 fully saturated rings. The number of aromatic nitrogens is 4. The van der Waals surface area contributed by atoms with Crippen molar-refractivity contribution < 1.29 is 18.0 Å². The third-order valence-corrected chi connectivity index (χ3v) is 6.28. The van der Waals surface area contributed by atoms with Crippen LogP contribution < -0.4 is 4.90 Å². The van der Waals surface area contributed by atoms with Crippen LogP contribution >= 0.6 is 0 Å². The molecule has 4 heterocycles. The highest BCUT2D eigenvalue weighted by atomic mass is 19.4. The minimum atomic E-state index is -4.43. The largest absolute Gasteiger partial charge is 0.417 e. The van der Waals surface area contributed by atoms with Crippen molar-refractivity contribution in [1.82, 2.24) is 24.5 Å². The molecule has 5 rings (SSSR count). The van der Waals surface area contributed by atoms with E-state index in [1.165, 1.54) is 6.07 Å². The molecule has 0 radical (unpaired) electrons. The Morgan fingerprint density at radius 1 is 1.00 bits per heavy atom. The number of benzene rings is 1. The van der Waals surface area contributed by atoms with Crippen LogP contribution in [0.4, 0.5) is 19.0 Å². The molecule has 35 heavy (non-hydrogen) atoms. The second-order valence-electron chi connectivity index (χ2n) is 8.50. The fraction of sp³-hybridized carbons (Fsp3) is 0.280. The molecular weight excluding hydrogens is 457 g/mol. The fourth-order valence-corrected chi connectivity index (χ4v) is 4.37. The molecular formula is C25H23F3N6O. The molecule has 180 valence electrons. The quantitative estimate of drug-likeness (QED) is 0.431. The van der Waals surface area contributed by atoms with Crippen LogP contribution in [0, 0.1) is 0 Å². The standard InChI is InChI=1S/C25H23F3N6O/c1-17-10-13-32(20-9-8-19(16-30-20)25(26,27)28)14-15-33(17)24(35)22-21(18-6-3-2-4-7-18)23-29-11-5-12-34(23)31-22/h2-9,11-12,16-17H,10,13-15H2,1H3/t17-/m1/s1. The molecule has 7 nitrogen and oxygen atoms in total. The molecule has 0 bridgehead atoms. The van der Waals surface area contributed by atoms with Gasteiger partial charge in [-0.1, -0.05) is 30.3 Å². The van der Waals surface area contributed by atoms with E-state index in [0.717, 1.165) is 17.8 Å². The van der Waals surface area contributed by atoms with Crippen molar-refractivity contribution in [3.63, 3.8) is 0 Å². The van der Waals surface area contributed by atoms with Gasteiger partial charge < -0.3 is 9.80 Å². The van der Waals surface area contributed by atoms with Gasteiger partial charge >= 0.3 is 6.18 Å². The number of rotatable bonds is 3. The van der Waals surface area contributed by atoms with Crippen LogP contribution in [0.5, 0.6) is 0 Å². The summed E-state index contributed by atoms with van der Waals surface area (Å²) < 4.78 is 40.3. The zero-order chi connectivity index (χ0) is 24.6. The topological polar surface area (TPSA) is 66.6 Å². The third kappa shape index (κ3) is 4.43. The first-order valence-electron chi connectivity index (χ1n) is 11.3. The Morgan fingerprint density at radius 2 is 1.80 bits per heavy atom. The normalized spacial score (nSPS) is 17.0. The number of carbonyl (C=O) groups excluding carboxylic acids is 1. The molecule has 0 aliphatic carbocycles. The molecule has 1 aliphatic rings. The lowest BCUT2D eigenvalue weighted by Crippen LogP contribution is -2.40. The number of fused-ring (bicyclic) bond motifs is 1. The lowest BCUT2D eigenvalue weighted by Gasteiger charge is -2.26. The van der Waals surface area contributed by atoms with E-state index < -0.39 is 11.7 Å². The second-order valence-corrected chi connectivity index (χ2v) is 8.50. The summed E-state index contributed by atoms with van der Waals surface area (Å²) >= 11 is 0. The minimum Gasteiger partial charge on any atom is -0.355 e. The smallest absolute Gasteiger partial charge is 0.355 e. The molecule has 0 unspecified atom stereocenters. The predicted octanol–water partition coefficient (Wildman–Crippen LogP) is 4.55. The van der Waals surface area contributed by atoms with E-state index in [1.807, 2.05) is 42.2 Å². The number of pyridine rings is 1. The average Bonchev–Trinajstić information content (AvgIpc) is 3.14. The summed E-state index contributed by atoms with van der Waals surface area (Å²) in [4.78, 5) is 26.0. The Balaban J connectivity index is 1.43. The van der Waals surface area contributed by atoms with E-state index in [2.05, 4.69) is 15.1 Å². The minimum absolute atomic E-state index is 0.0941. The molecule has 10 heteroatoms. The van der Waals surface area contributed by atoms with E-state index in [0.29, 0.717) is 48.8 Å². The van der Waals surface area contributed by atoms with Gasteiger partial charge in [-0.2, -0.15) is 18.3 Å². The van der Waals surface area contributed by atoms with Gasteiger partial charge in [-0.25, -0.2) is 14.5 Å². The van der Waals surface area contributed by atoms with Gasteiger partial charge in [0, 0.05) is 44.3 Å². The number of carbonyl (C=O) groups is 1. The molecule has 1 amide bonds. The van der Waals surface area contributed by atoms with Crippen LogP contribution in [0.25, 0.3) is 16.8 Å². The molecule has 1 saturated heterocycles. The van der Waals surface area contributed by atoms with Gasteiger partial charge in [0.05, 0.1) is 11.1 Å². The number of anilines is 1. The van der Waals surface area contributed by atoms with Crippen LogP contribution in [-0.4, -0.2) is 56.1 Å². The first-order valence-corrected chi connectivity index (χ1v) is 11.3. The van der Waals surface area contributed by atoms with Gasteiger partial charge in [0.25, 0.3) is 5.91 Å². The van der Waals surface area contributed by atoms with Crippen molar-refractivity contribution in [3.05, 3.63) is 78.4 Å². The average molecular weight is 480 g/mol. The second kappa shape index (κ2) is 9.01. The highest BCUT2D eigenvalue weighted by Gasteiger charge is 2.33. The van der Waals surface area contributed by atoms with Crippen molar-refractivity contribution >= 4 is 17.4 Å². The summed E-state index contributed by atoms with van der Waals surface area (Å²) in [5, 5.41) is 4.57. The van der Waals surface area contributed by atoms with E-state index in [4.69, 9.17) is 0 Å². The number of hydrogen-bond acceptors (Lipinski definition) is 5. The van der Waals surface area contributed by atoms with Gasteiger partial charge in [-0.15, -0.1) is 0 Å². The Hall–Kier alpha value is -3.95. The molecule has 1 atom stereocenters. The van der Waals surface area contributed by atoms with Crippen LogP contribution in [0.3, 0.4) is 0 Å². The SMILES string of the molecule is C[C@@H]1CCN(c2ccc(C(F)(F)F)cn2)CCN1C(=O)c1nn2cccnc2c1-c1ccccc1. The molecule has 0 saturated carbocycles. The van der Waals surface area contributed by atoms with Crippen molar-refractivity contribution in [1.29, 1.82) is 0 Å². The molecule has 4 aromatic rings. The van der Waals surface area contributed by atoms with Crippen LogP contribution in [0.1, 0.15) is 29.4 Å². The zero-order valence-electron chi connectivity index (χ0n) is 19.0. The summed E-state index contributed by atoms with van der Waals surface area (Å²) in [5.74, 6) is 0.255. The molecule has 1 aromatic carbocycles. The van der Waals surface area contributed by atoms with Gasteiger partial charge in [0.1, 0.15) is 5.82 Å². The van der Waals surface area contributed by atoms with E-state index in [-0.39, 0.29) is 11.9 Å². The maximum atomic E-state index is 13.8. The summed E-state index contributed by atoms with van der Waals surface area (Å²) in [6.45, 7) is 3.37. The number of alkyl halides is 3. The number of amides is 1. The van der Waals surface area contributed by atoms with Crippen LogP contribution in [-0.2, 0) is 6.18 Å². The maximum Gasteiger partial charge on any atom is 0.417 e. The molecule has 3 aromatic heterocycles. The number of nitrogens with zero attached hydrogens (tertiary/aromatic N) is 6. The monoisotopic (exact) mass is 480 g/mol. The van der Waals surface area contributed by atoms with E-state index in [1.54, 1.807) is 27.9 Å². The molecule has 0 N–H and O–H groups in total. The first kappa shape index (κ1) is 22.8. The lowest BCUT2D eigenvalue weighted by molar-refractivity contribution is -0.137. The highest BCUT2D eigenvalue weighted by molar-refractivity contribution is 6.02. The Morgan fingerprint density at radius 3 is 2.51 bits per heavy atom. The van der Waals surface area contributed by atoms with Crippen LogP contribution in [0.15, 0.2) is 67.1 Å². The van der Waals surface area contributed by atoms with Crippen molar-refractivity contribution in [3.8, 4) is 11.1 Å². The summed E-state index contributed by atoms with van der Waals surface area (Å²) in [7, 11) is 0. The summed E-state index contributed by atoms with van der Waals surface area (Å²) in [6.07, 6.45) is 0.487. The van der Waals surface area contributed by atoms with E-state index in [9.17, 15) is 18.0 Å². The fourth-order valence-electron chi connectivity index (χ4n) is 4.37. The predicted molar refractivity (Wildman–Crippen MR) is 125 cm³/mol. The first-order chi connectivity index (χ1) is 16.8. The van der Waals surface area contributed by atoms with Gasteiger partial charge in [-0.3, -0.25) is 4.79 Å². The Bertz CT molecular complexity index is 1340. The van der Waals surface area contributed by atoms with Gasteiger partial charge in [0.15, 0.2) is 11.3 Å². The van der Waals surface area contributed by atoms with E-state index >= 15 is 0 Å². The zero-order valence-corrected chi connectivity index (χ0v) is 19.0. The lowest BCUT2D eigenvalue weighted by atomic mass is 10.0. The van der Waals surface area contributed by atoms with Crippen molar-refractivity contribution in [2.75, 3.05) is 24.5 Å².